The highest BCUT2D eigenvalue weighted by atomic mass is 19.4. The standard InChI is InChI=1S/C15H26F3NO/c1-2-3-14-10-13(8-9-20-14)19-12-6-4-11(5-7-12)15(16,17)18/h11-14,19H,2-10H2,1H3. The van der Waals surface area contributed by atoms with E-state index in [1.807, 2.05) is 0 Å². The van der Waals surface area contributed by atoms with Gasteiger partial charge in [0.25, 0.3) is 0 Å². The van der Waals surface area contributed by atoms with Crippen LogP contribution >= 0.6 is 0 Å². The summed E-state index contributed by atoms with van der Waals surface area (Å²) < 4.78 is 43.6. The molecule has 0 amide bonds. The Bertz CT molecular complexity index is 285. The molecule has 0 aromatic carbocycles. The van der Waals surface area contributed by atoms with Crippen LogP contribution in [-0.2, 0) is 4.74 Å². The zero-order valence-electron chi connectivity index (χ0n) is 12.2. The van der Waals surface area contributed by atoms with Crippen LogP contribution in [0.25, 0.3) is 0 Å². The summed E-state index contributed by atoms with van der Waals surface area (Å²) in [5, 5.41) is 3.57. The van der Waals surface area contributed by atoms with Crippen LogP contribution in [0, 0.1) is 5.92 Å². The zero-order valence-corrected chi connectivity index (χ0v) is 12.2. The Morgan fingerprint density at radius 3 is 2.35 bits per heavy atom. The summed E-state index contributed by atoms with van der Waals surface area (Å²) in [6.45, 7) is 2.93. The predicted octanol–water partition coefficient (Wildman–Crippen LogP) is 4.04. The number of alkyl halides is 3. The van der Waals surface area contributed by atoms with E-state index in [4.69, 9.17) is 4.74 Å². The van der Waals surface area contributed by atoms with Crippen molar-refractivity contribution in [2.24, 2.45) is 5.92 Å². The highest BCUT2D eigenvalue weighted by Gasteiger charge is 2.41. The van der Waals surface area contributed by atoms with E-state index in [-0.39, 0.29) is 18.9 Å². The summed E-state index contributed by atoms with van der Waals surface area (Å²) in [4.78, 5) is 0. The Hall–Kier alpha value is -0.290. The second-order valence-corrected chi connectivity index (χ2v) is 6.26. The van der Waals surface area contributed by atoms with Gasteiger partial charge in [0.1, 0.15) is 0 Å². The predicted molar refractivity (Wildman–Crippen MR) is 72.6 cm³/mol. The molecule has 1 heterocycles. The molecular weight excluding hydrogens is 267 g/mol. The SMILES string of the molecule is CCCC1CC(NC2CCC(C(F)(F)F)CC2)CCO1. The Labute approximate surface area is 119 Å². The molecule has 2 fully saturated rings. The normalized spacial score (nSPS) is 36.0. The molecule has 1 saturated carbocycles. The first-order valence-corrected chi connectivity index (χ1v) is 7.93. The van der Waals surface area contributed by atoms with E-state index in [1.54, 1.807) is 0 Å². The third kappa shape index (κ3) is 4.62. The van der Waals surface area contributed by atoms with Crippen molar-refractivity contribution >= 4 is 0 Å². The molecule has 20 heavy (non-hydrogen) atoms. The van der Waals surface area contributed by atoms with E-state index in [0.717, 1.165) is 32.3 Å². The van der Waals surface area contributed by atoms with Gasteiger partial charge in [0, 0.05) is 18.7 Å². The molecule has 0 bridgehead atoms. The highest BCUT2D eigenvalue weighted by Crippen LogP contribution is 2.37. The quantitative estimate of drug-likeness (QED) is 0.844. The molecule has 1 aliphatic carbocycles. The first-order valence-electron chi connectivity index (χ1n) is 7.93. The van der Waals surface area contributed by atoms with Crippen molar-refractivity contribution in [1.29, 1.82) is 0 Å². The largest absolute Gasteiger partial charge is 0.391 e. The van der Waals surface area contributed by atoms with Crippen molar-refractivity contribution < 1.29 is 17.9 Å². The molecule has 1 aliphatic heterocycles. The molecule has 1 N–H and O–H groups in total. The number of halogens is 3. The van der Waals surface area contributed by atoms with Gasteiger partial charge in [-0.05, 0) is 44.9 Å². The van der Waals surface area contributed by atoms with Gasteiger partial charge in [0.15, 0.2) is 0 Å². The minimum Gasteiger partial charge on any atom is -0.378 e. The fourth-order valence-electron chi connectivity index (χ4n) is 3.48. The number of nitrogens with one attached hydrogen (secondary N) is 1. The lowest BCUT2D eigenvalue weighted by molar-refractivity contribution is -0.182. The maximum absolute atomic E-state index is 12.6. The molecule has 118 valence electrons. The topological polar surface area (TPSA) is 21.3 Å². The van der Waals surface area contributed by atoms with Crippen LogP contribution in [-0.4, -0.2) is 31.0 Å². The molecule has 2 atom stereocenters. The Morgan fingerprint density at radius 2 is 1.75 bits per heavy atom. The average molecular weight is 293 g/mol. The van der Waals surface area contributed by atoms with Crippen LogP contribution in [0.15, 0.2) is 0 Å². The molecule has 2 rings (SSSR count). The van der Waals surface area contributed by atoms with E-state index in [9.17, 15) is 13.2 Å². The minimum absolute atomic E-state index is 0.263. The number of hydrogen-bond acceptors (Lipinski definition) is 2. The fraction of sp³-hybridized carbons (Fsp3) is 1.00. The summed E-state index contributed by atoms with van der Waals surface area (Å²) in [7, 11) is 0. The van der Waals surface area contributed by atoms with Crippen molar-refractivity contribution in [3.8, 4) is 0 Å². The van der Waals surface area contributed by atoms with Gasteiger partial charge in [-0.3, -0.25) is 0 Å². The molecule has 0 radical (unpaired) electrons. The van der Waals surface area contributed by atoms with Gasteiger partial charge in [0.05, 0.1) is 12.0 Å². The summed E-state index contributed by atoms with van der Waals surface area (Å²) in [6.07, 6.45) is 2.39. The first kappa shape index (κ1) is 16.1. The molecule has 2 unspecified atom stereocenters. The second-order valence-electron chi connectivity index (χ2n) is 6.26. The zero-order chi connectivity index (χ0) is 14.6. The fourth-order valence-corrected chi connectivity index (χ4v) is 3.48. The van der Waals surface area contributed by atoms with E-state index >= 15 is 0 Å². The number of rotatable bonds is 4. The van der Waals surface area contributed by atoms with Crippen LogP contribution in [0.2, 0.25) is 0 Å². The monoisotopic (exact) mass is 293 g/mol. The molecule has 2 nitrogen and oxygen atoms in total. The lowest BCUT2D eigenvalue weighted by Crippen LogP contribution is -2.46. The lowest BCUT2D eigenvalue weighted by atomic mass is 9.85. The second kappa shape index (κ2) is 7.12. The first-order chi connectivity index (χ1) is 9.49. The van der Waals surface area contributed by atoms with Gasteiger partial charge >= 0.3 is 6.18 Å². The molecule has 0 aromatic rings. The van der Waals surface area contributed by atoms with Crippen molar-refractivity contribution in [2.45, 2.75) is 82.7 Å². The van der Waals surface area contributed by atoms with Gasteiger partial charge in [-0.1, -0.05) is 13.3 Å². The molecule has 0 aromatic heterocycles. The summed E-state index contributed by atoms with van der Waals surface area (Å²) in [6, 6.07) is 0.687. The number of ether oxygens (including phenoxy) is 1. The van der Waals surface area contributed by atoms with E-state index < -0.39 is 12.1 Å². The molecule has 2 aliphatic rings. The van der Waals surface area contributed by atoms with Crippen molar-refractivity contribution in [3.63, 3.8) is 0 Å². The summed E-state index contributed by atoms with van der Waals surface area (Å²) in [5.74, 6) is -1.08. The van der Waals surface area contributed by atoms with Crippen molar-refractivity contribution in [3.05, 3.63) is 0 Å². The maximum atomic E-state index is 12.6. The summed E-state index contributed by atoms with van der Waals surface area (Å²) in [5.41, 5.74) is 0. The highest BCUT2D eigenvalue weighted by molar-refractivity contribution is 4.85. The minimum atomic E-state index is -4.00. The van der Waals surface area contributed by atoms with Crippen LogP contribution in [0.1, 0.15) is 58.3 Å². The average Bonchev–Trinajstić information content (AvgIpc) is 2.39. The third-order valence-electron chi connectivity index (χ3n) is 4.64. The molecule has 0 spiro atoms. The Morgan fingerprint density at radius 1 is 1.05 bits per heavy atom. The van der Waals surface area contributed by atoms with E-state index in [1.165, 1.54) is 0 Å². The van der Waals surface area contributed by atoms with Crippen LogP contribution < -0.4 is 5.32 Å². The van der Waals surface area contributed by atoms with Gasteiger partial charge < -0.3 is 10.1 Å². The van der Waals surface area contributed by atoms with Crippen LogP contribution in [0.3, 0.4) is 0 Å². The van der Waals surface area contributed by atoms with Gasteiger partial charge in [0.2, 0.25) is 0 Å². The molecular formula is C15H26F3NO. The van der Waals surface area contributed by atoms with Gasteiger partial charge in [-0.2, -0.15) is 13.2 Å². The number of hydrogen-bond donors (Lipinski definition) is 1. The van der Waals surface area contributed by atoms with Crippen LogP contribution in [0.4, 0.5) is 13.2 Å². The molecule has 5 heteroatoms. The molecule has 1 saturated heterocycles. The van der Waals surface area contributed by atoms with E-state index in [0.29, 0.717) is 25.0 Å². The van der Waals surface area contributed by atoms with Crippen molar-refractivity contribution in [1.82, 2.24) is 5.32 Å². The third-order valence-corrected chi connectivity index (χ3v) is 4.64. The Balaban J connectivity index is 1.72. The van der Waals surface area contributed by atoms with Gasteiger partial charge in [-0.25, -0.2) is 0 Å². The van der Waals surface area contributed by atoms with Gasteiger partial charge in [-0.15, -0.1) is 0 Å². The van der Waals surface area contributed by atoms with Crippen molar-refractivity contribution in [2.75, 3.05) is 6.61 Å². The van der Waals surface area contributed by atoms with E-state index in [2.05, 4.69) is 12.2 Å². The van der Waals surface area contributed by atoms with Crippen LogP contribution in [0.5, 0.6) is 0 Å². The summed E-state index contributed by atoms with van der Waals surface area (Å²) >= 11 is 0. The lowest BCUT2D eigenvalue weighted by Gasteiger charge is -2.36. The maximum Gasteiger partial charge on any atom is 0.391 e. The smallest absolute Gasteiger partial charge is 0.378 e. The Kier molecular flexibility index (Phi) is 5.73.